The summed E-state index contributed by atoms with van der Waals surface area (Å²) in [6.45, 7) is 2.07. The van der Waals surface area contributed by atoms with E-state index in [2.05, 4.69) is 10.3 Å². The maximum absolute atomic E-state index is 14.3. The zero-order chi connectivity index (χ0) is 31.8. The molecular weight excluding hydrogens is 637 g/mol. The summed E-state index contributed by atoms with van der Waals surface area (Å²) in [6, 6.07) is 14.5. The van der Waals surface area contributed by atoms with E-state index in [0.717, 1.165) is 48.1 Å². The number of aromatic nitrogens is 1. The molecule has 2 N–H and O–H groups in total. The average Bonchev–Trinajstić information content (AvgIpc) is 3.89. The van der Waals surface area contributed by atoms with Gasteiger partial charge in [-0.1, -0.05) is 53.0 Å². The van der Waals surface area contributed by atoms with Gasteiger partial charge in [0.05, 0.1) is 27.7 Å². The van der Waals surface area contributed by atoms with E-state index in [1.807, 2.05) is 35.2 Å². The number of aliphatic hydroxyl groups excluding tert-OH is 1. The van der Waals surface area contributed by atoms with Crippen LogP contribution in [0.4, 0.5) is 0 Å². The molecule has 11 heteroatoms. The molecule has 0 radical (unpaired) electrons. The number of hydrogen-bond acceptors (Lipinski definition) is 7. The van der Waals surface area contributed by atoms with Gasteiger partial charge in [-0.2, -0.15) is 0 Å². The summed E-state index contributed by atoms with van der Waals surface area (Å²) in [4.78, 5) is 20.7. The lowest BCUT2D eigenvalue weighted by Gasteiger charge is -2.33. The Bertz CT molecular complexity index is 1480. The number of halogens is 3. The van der Waals surface area contributed by atoms with Crippen LogP contribution < -0.4 is 14.8 Å². The van der Waals surface area contributed by atoms with Crippen molar-refractivity contribution in [2.24, 2.45) is 0 Å². The normalized spacial score (nSPS) is 16.5. The van der Waals surface area contributed by atoms with Gasteiger partial charge >= 0.3 is 0 Å². The zero-order valence-electron chi connectivity index (χ0n) is 25.2. The standard InChI is InChI=1S/C34H38Cl3N3O5/c1-43-15-3-4-24-18-23(30(37)19-39-24)20-40(25-9-10-25)34(42)32-27(13-14-38-31(32)21-41)22-7-11-26(12-8-22)44-16-17-45-33-28(35)5-2-6-29(33)36/h2,5-8,11-12,18-19,25,31,38,41H,3-4,9-10,13-17,20-21H2,1H3/t31-/m1/s1. The molecular formula is C34H38Cl3N3O5. The Kier molecular flexibility index (Phi) is 12.0. The summed E-state index contributed by atoms with van der Waals surface area (Å²) < 4.78 is 16.8. The van der Waals surface area contributed by atoms with Gasteiger partial charge in [0.1, 0.15) is 19.0 Å². The Labute approximate surface area is 279 Å². The van der Waals surface area contributed by atoms with Crippen molar-refractivity contribution in [2.45, 2.75) is 50.7 Å². The number of para-hydroxylation sites is 1. The predicted molar refractivity (Wildman–Crippen MR) is 177 cm³/mol. The van der Waals surface area contributed by atoms with E-state index in [4.69, 9.17) is 49.0 Å². The van der Waals surface area contributed by atoms with Crippen molar-refractivity contribution in [1.82, 2.24) is 15.2 Å². The van der Waals surface area contributed by atoms with Crippen LogP contribution in [0.25, 0.3) is 5.57 Å². The van der Waals surface area contributed by atoms with Crippen LogP contribution in [0.1, 0.15) is 42.5 Å². The highest BCUT2D eigenvalue weighted by molar-refractivity contribution is 6.37. The summed E-state index contributed by atoms with van der Waals surface area (Å²) in [5.41, 5.74) is 4.23. The fraction of sp³-hybridized carbons (Fsp3) is 0.412. The molecule has 2 aliphatic rings. The van der Waals surface area contributed by atoms with Crippen molar-refractivity contribution in [3.05, 3.63) is 92.2 Å². The van der Waals surface area contributed by atoms with Gasteiger partial charge in [0.25, 0.3) is 5.91 Å². The smallest absolute Gasteiger partial charge is 0.252 e. The maximum atomic E-state index is 14.3. The van der Waals surface area contributed by atoms with Crippen LogP contribution in [0.2, 0.25) is 15.1 Å². The van der Waals surface area contributed by atoms with E-state index in [0.29, 0.717) is 64.9 Å². The van der Waals surface area contributed by atoms with Crippen molar-refractivity contribution in [3.8, 4) is 11.5 Å². The highest BCUT2D eigenvalue weighted by Crippen LogP contribution is 2.36. The second-order valence-electron chi connectivity index (χ2n) is 11.1. The van der Waals surface area contributed by atoms with Crippen LogP contribution >= 0.6 is 34.8 Å². The van der Waals surface area contributed by atoms with Gasteiger partial charge < -0.3 is 29.5 Å². The van der Waals surface area contributed by atoms with Gasteiger partial charge in [0.15, 0.2) is 5.75 Å². The van der Waals surface area contributed by atoms with Crippen LogP contribution in [-0.2, 0) is 22.5 Å². The molecule has 2 aromatic carbocycles. The first-order valence-electron chi connectivity index (χ1n) is 15.2. The molecule has 5 rings (SSSR count). The average molecular weight is 675 g/mol. The quantitative estimate of drug-likeness (QED) is 0.181. The number of rotatable bonds is 15. The van der Waals surface area contributed by atoms with Gasteiger partial charge in [0, 0.05) is 43.8 Å². The van der Waals surface area contributed by atoms with Crippen LogP contribution in [0.5, 0.6) is 11.5 Å². The summed E-state index contributed by atoms with van der Waals surface area (Å²) in [6.07, 6.45) is 5.82. The predicted octanol–water partition coefficient (Wildman–Crippen LogP) is 6.38. The molecule has 1 amide bonds. The molecule has 8 nitrogen and oxygen atoms in total. The minimum atomic E-state index is -0.468. The van der Waals surface area contributed by atoms with E-state index < -0.39 is 6.04 Å². The van der Waals surface area contributed by atoms with Crippen LogP contribution in [0.3, 0.4) is 0 Å². The van der Waals surface area contributed by atoms with E-state index in [-0.39, 0.29) is 25.2 Å². The molecule has 3 aromatic rings. The molecule has 1 atom stereocenters. The van der Waals surface area contributed by atoms with Crippen molar-refractivity contribution in [2.75, 3.05) is 40.1 Å². The molecule has 45 heavy (non-hydrogen) atoms. The van der Waals surface area contributed by atoms with Crippen molar-refractivity contribution in [3.63, 3.8) is 0 Å². The number of nitrogens with zero attached hydrogens (tertiary/aromatic N) is 2. The first-order valence-corrected chi connectivity index (χ1v) is 16.3. The highest BCUT2D eigenvalue weighted by atomic mass is 35.5. The fourth-order valence-corrected chi connectivity index (χ4v) is 6.17. The van der Waals surface area contributed by atoms with E-state index in [9.17, 15) is 9.90 Å². The molecule has 1 aliphatic carbocycles. The molecule has 1 fully saturated rings. The number of methoxy groups -OCH3 is 1. The maximum Gasteiger partial charge on any atom is 0.252 e. The number of aryl methyl sites for hydroxylation is 1. The fourth-order valence-electron chi connectivity index (χ4n) is 5.50. The van der Waals surface area contributed by atoms with Gasteiger partial charge in [-0.05, 0) is 85.7 Å². The summed E-state index contributed by atoms with van der Waals surface area (Å²) >= 11 is 18.9. The molecule has 0 bridgehead atoms. The minimum absolute atomic E-state index is 0.0803. The van der Waals surface area contributed by atoms with E-state index in [1.165, 1.54) is 0 Å². The minimum Gasteiger partial charge on any atom is -0.490 e. The zero-order valence-corrected chi connectivity index (χ0v) is 27.5. The van der Waals surface area contributed by atoms with Gasteiger partial charge in [0.2, 0.25) is 0 Å². The number of carbonyl (C=O) groups excluding carboxylic acids is 1. The monoisotopic (exact) mass is 673 g/mol. The van der Waals surface area contributed by atoms with Crippen molar-refractivity contribution in [1.29, 1.82) is 0 Å². The molecule has 0 spiro atoms. The molecule has 1 aliphatic heterocycles. The Morgan fingerprint density at radius 2 is 1.76 bits per heavy atom. The lowest BCUT2D eigenvalue weighted by atomic mass is 9.88. The van der Waals surface area contributed by atoms with E-state index >= 15 is 0 Å². The summed E-state index contributed by atoms with van der Waals surface area (Å²) in [7, 11) is 1.68. The lowest BCUT2D eigenvalue weighted by molar-refractivity contribution is -0.128. The van der Waals surface area contributed by atoms with E-state index in [1.54, 1.807) is 31.5 Å². The number of ether oxygens (including phenoxy) is 3. The number of hydrogen-bond donors (Lipinski definition) is 2. The third-order valence-electron chi connectivity index (χ3n) is 7.93. The molecule has 0 saturated heterocycles. The number of aliphatic hydroxyl groups is 1. The summed E-state index contributed by atoms with van der Waals surface area (Å²) in [5.74, 6) is 1.02. The largest absolute Gasteiger partial charge is 0.490 e. The number of nitrogens with one attached hydrogen (secondary N) is 1. The topological polar surface area (TPSA) is 93.2 Å². The SMILES string of the molecule is COCCCc1cc(CN(C(=O)C2=C(c3ccc(OCCOc4c(Cl)cccc4Cl)cc3)CCN[C@@H]2CO)C2CC2)c(Cl)cn1. The highest BCUT2D eigenvalue weighted by Gasteiger charge is 2.38. The first-order chi connectivity index (χ1) is 21.9. The second-order valence-corrected chi connectivity index (χ2v) is 12.4. The van der Waals surface area contributed by atoms with Crippen LogP contribution in [0.15, 0.2) is 60.3 Å². The van der Waals surface area contributed by atoms with Gasteiger partial charge in [-0.15, -0.1) is 0 Å². The van der Waals surface area contributed by atoms with Crippen molar-refractivity contribution >= 4 is 46.3 Å². The molecule has 240 valence electrons. The molecule has 1 aromatic heterocycles. The number of pyridine rings is 1. The van der Waals surface area contributed by atoms with Gasteiger partial charge in [-0.25, -0.2) is 0 Å². The molecule has 2 heterocycles. The number of carbonyl (C=O) groups is 1. The Morgan fingerprint density at radius 3 is 2.44 bits per heavy atom. The molecule has 1 saturated carbocycles. The Hall–Kier alpha value is -2.85. The lowest BCUT2D eigenvalue weighted by Crippen LogP contribution is -2.46. The van der Waals surface area contributed by atoms with Crippen LogP contribution in [0, 0.1) is 0 Å². The summed E-state index contributed by atoms with van der Waals surface area (Å²) in [5, 5.41) is 15.1. The Morgan fingerprint density at radius 1 is 1.02 bits per heavy atom. The van der Waals surface area contributed by atoms with Crippen molar-refractivity contribution < 1.29 is 24.1 Å². The second kappa shape index (κ2) is 16.1. The Balaban J connectivity index is 1.31. The van der Waals surface area contributed by atoms with Gasteiger partial charge in [-0.3, -0.25) is 9.78 Å². The molecule has 0 unspecified atom stereocenters. The van der Waals surface area contributed by atoms with Crippen LogP contribution in [-0.4, -0.2) is 73.1 Å². The number of amides is 1. The third-order valence-corrected chi connectivity index (χ3v) is 8.87. The number of benzene rings is 2. The first kappa shape index (κ1) is 33.5. The third kappa shape index (κ3) is 8.70.